The second-order valence-corrected chi connectivity index (χ2v) is 4.58. The Bertz CT molecular complexity index is 693. The largest absolute Gasteiger partial charge is 0.508 e. The number of phenolic OH excluding ortho intramolecular Hbond substituents is 1. The van der Waals surface area contributed by atoms with Crippen molar-refractivity contribution in [2.75, 3.05) is 0 Å². The summed E-state index contributed by atoms with van der Waals surface area (Å²) in [6.45, 7) is -0.0576. The van der Waals surface area contributed by atoms with Gasteiger partial charge in [0.2, 0.25) is 0 Å². The average molecular weight is 282 g/mol. The van der Waals surface area contributed by atoms with Crippen molar-refractivity contribution in [1.82, 2.24) is 0 Å². The zero-order chi connectivity index (χ0) is 15.1. The van der Waals surface area contributed by atoms with Crippen LogP contribution in [0.2, 0.25) is 0 Å². The first-order valence-electron chi connectivity index (χ1n) is 6.71. The maximum Gasteiger partial charge on any atom is 0.115 e. The van der Waals surface area contributed by atoms with E-state index in [0.29, 0.717) is 5.75 Å². The molecule has 0 amide bonds. The molecule has 3 heteroatoms. The summed E-state index contributed by atoms with van der Waals surface area (Å²) < 4.78 is 0. The van der Waals surface area contributed by atoms with Gasteiger partial charge in [0.1, 0.15) is 5.75 Å². The van der Waals surface area contributed by atoms with Crippen molar-refractivity contribution in [2.24, 2.45) is 0 Å². The molecule has 0 unspecified atom stereocenters. The number of benzene rings is 3. The summed E-state index contributed by atoms with van der Waals surface area (Å²) >= 11 is 0. The Labute approximate surface area is 123 Å². The number of aromatic hydroxyl groups is 1. The number of hydrogen-bond acceptors (Lipinski definition) is 3. The second-order valence-electron chi connectivity index (χ2n) is 4.58. The van der Waals surface area contributed by atoms with Crippen LogP contribution >= 0.6 is 0 Å². The maximum absolute atomic E-state index is 9.24. The SMILES string of the molecule is OCc1ccc2ccccc2c1CO.Oc1ccccc1. The molecule has 0 aromatic heterocycles. The number of hydrogen-bond donors (Lipinski definition) is 3. The van der Waals surface area contributed by atoms with E-state index in [-0.39, 0.29) is 13.2 Å². The minimum Gasteiger partial charge on any atom is -0.508 e. The van der Waals surface area contributed by atoms with Gasteiger partial charge < -0.3 is 15.3 Å². The van der Waals surface area contributed by atoms with Gasteiger partial charge in [-0.25, -0.2) is 0 Å². The quantitative estimate of drug-likeness (QED) is 0.676. The average Bonchev–Trinajstić information content (AvgIpc) is 2.55. The minimum atomic E-state index is -0.0305. The van der Waals surface area contributed by atoms with Gasteiger partial charge in [-0.2, -0.15) is 0 Å². The van der Waals surface area contributed by atoms with E-state index in [9.17, 15) is 5.11 Å². The fourth-order valence-electron chi connectivity index (χ4n) is 2.14. The molecule has 0 bridgehead atoms. The zero-order valence-electron chi connectivity index (χ0n) is 11.6. The zero-order valence-corrected chi connectivity index (χ0v) is 11.6. The molecule has 3 aromatic carbocycles. The standard InChI is InChI=1S/C12H12O2.C6H6O/c13-7-10-6-5-9-3-1-2-4-11(9)12(10)8-14;7-6-4-2-1-3-5-6/h1-6,13-14H,7-8H2;1-5,7H. The Morgan fingerprint density at radius 2 is 1.33 bits per heavy atom. The summed E-state index contributed by atoms with van der Waals surface area (Å²) in [6.07, 6.45) is 0. The maximum atomic E-state index is 9.24. The van der Waals surface area contributed by atoms with Gasteiger partial charge in [0.25, 0.3) is 0 Å². The van der Waals surface area contributed by atoms with Gasteiger partial charge in [0.05, 0.1) is 13.2 Å². The van der Waals surface area contributed by atoms with Crippen LogP contribution in [0.15, 0.2) is 66.7 Å². The summed E-state index contributed by atoms with van der Waals surface area (Å²) in [5.74, 6) is 0.322. The van der Waals surface area contributed by atoms with Gasteiger partial charge in [0, 0.05) is 0 Å². The molecule has 21 heavy (non-hydrogen) atoms. The van der Waals surface area contributed by atoms with Crippen LogP contribution in [0.4, 0.5) is 0 Å². The van der Waals surface area contributed by atoms with E-state index in [4.69, 9.17) is 10.2 Å². The van der Waals surface area contributed by atoms with Crippen molar-refractivity contribution in [3.63, 3.8) is 0 Å². The minimum absolute atomic E-state index is 0.0271. The smallest absolute Gasteiger partial charge is 0.115 e. The van der Waals surface area contributed by atoms with Crippen LogP contribution in [0.3, 0.4) is 0 Å². The summed E-state index contributed by atoms with van der Waals surface area (Å²) in [5.41, 5.74) is 1.62. The van der Waals surface area contributed by atoms with Gasteiger partial charge >= 0.3 is 0 Å². The Kier molecular flexibility index (Phi) is 5.32. The van der Waals surface area contributed by atoms with Crippen LogP contribution in [0, 0.1) is 0 Å². The number of aliphatic hydroxyl groups is 2. The van der Waals surface area contributed by atoms with Crippen LogP contribution in [0.25, 0.3) is 10.8 Å². The summed E-state index contributed by atoms with van der Waals surface area (Å²) in [4.78, 5) is 0. The van der Waals surface area contributed by atoms with E-state index in [1.54, 1.807) is 24.3 Å². The molecule has 3 N–H and O–H groups in total. The monoisotopic (exact) mass is 282 g/mol. The third-order valence-corrected chi connectivity index (χ3v) is 3.22. The molecule has 0 saturated carbocycles. The van der Waals surface area contributed by atoms with Crippen molar-refractivity contribution < 1.29 is 15.3 Å². The predicted octanol–water partition coefficient (Wildman–Crippen LogP) is 3.22. The Morgan fingerprint density at radius 3 is 1.90 bits per heavy atom. The molecule has 3 aromatic rings. The van der Waals surface area contributed by atoms with Gasteiger partial charge in [-0.1, -0.05) is 54.6 Å². The lowest BCUT2D eigenvalue weighted by Crippen LogP contribution is -1.94. The van der Waals surface area contributed by atoms with E-state index in [1.165, 1.54) is 0 Å². The fraction of sp³-hybridized carbons (Fsp3) is 0.111. The number of para-hydroxylation sites is 1. The molecule has 0 spiro atoms. The first-order chi connectivity index (χ1) is 10.3. The van der Waals surface area contributed by atoms with Crippen molar-refractivity contribution >= 4 is 10.8 Å². The van der Waals surface area contributed by atoms with Crippen LogP contribution < -0.4 is 0 Å². The summed E-state index contributed by atoms with van der Waals surface area (Å²) in [6, 6.07) is 20.4. The van der Waals surface area contributed by atoms with Crippen molar-refractivity contribution in [1.29, 1.82) is 0 Å². The molecule has 108 valence electrons. The molecule has 0 radical (unpaired) electrons. The highest BCUT2D eigenvalue weighted by Gasteiger charge is 2.04. The number of phenols is 1. The first kappa shape index (κ1) is 15.0. The molecule has 3 nitrogen and oxygen atoms in total. The predicted molar refractivity (Wildman–Crippen MR) is 83.9 cm³/mol. The summed E-state index contributed by atoms with van der Waals surface area (Å²) in [7, 11) is 0. The molecule has 0 fully saturated rings. The van der Waals surface area contributed by atoms with Crippen LogP contribution in [0.5, 0.6) is 5.75 Å². The Balaban J connectivity index is 0.000000194. The molecule has 0 atom stereocenters. The molecule has 0 aliphatic heterocycles. The lowest BCUT2D eigenvalue weighted by Gasteiger charge is -2.08. The lowest BCUT2D eigenvalue weighted by molar-refractivity contribution is 0.261. The van der Waals surface area contributed by atoms with Crippen LogP contribution in [-0.4, -0.2) is 15.3 Å². The van der Waals surface area contributed by atoms with Crippen LogP contribution in [-0.2, 0) is 13.2 Å². The van der Waals surface area contributed by atoms with Crippen molar-refractivity contribution in [3.8, 4) is 5.75 Å². The Morgan fingerprint density at radius 1 is 0.667 bits per heavy atom. The van der Waals surface area contributed by atoms with E-state index in [2.05, 4.69) is 0 Å². The van der Waals surface area contributed by atoms with Gasteiger partial charge in [-0.05, 0) is 34.0 Å². The number of rotatable bonds is 2. The van der Waals surface area contributed by atoms with Gasteiger partial charge in [-0.15, -0.1) is 0 Å². The highest BCUT2D eigenvalue weighted by atomic mass is 16.3. The van der Waals surface area contributed by atoms with E-state index >= 15 is 0 Å². The number of aliphatic hydroxyl groups excluding tert-OH is 2. The molecule has 3 rings (SSSR count). The van der Waals surface area contributed by atoms with Crippen molar-refractivity contribution in [2.45, 2.75) is 13.2 Å². The normalized spacial score (nSPS) is 10.0. The molecular formula is C18H18O3. The van der Waals surface area contributed by atoms with Crippen LogP contribution in [0.1, 0.15) is 11.1 Å². The summed E-state index contributed by atoms with van der Waals surface area (Å²) in [5, 5.41) is 29.1. The van der Waals surface area contributed by atoms with Gasteiger partial charge in [-0.3, -0.25) is 0 Å². The second kappa shape index (κ2) is 7.43. The molecular weight excluding hydrogens is 264 g/mol. The fourth-order valence-corrected chi connectivity index (χ4v) is 2.14. The molecule has 0 aliphatic carbocycles. The van der Waals surface area contributed by atoms with E-state index < -0.39 is 0 Å². The van der Waals surface area contributed by atoms with Gasteiger partial charge in [0.15, 0.2) is 0 Å². The lowest BCUT2D eigenvalue weighted by atomic mass is 10.00. The molecule has 0 aliphatic rings. The Hall–Kier alpha value is -2.36. The van der Waals surface area contributed by atoms with Crippen molar-refractivity contribution in [3.05, 3.63) is 77.9 Å². The molecule has 0 saturated heterocycles. The highest BCUT2D eigenvalue weighted by Crippen LogP contribution is 2.22. The molecule has 0 heterocycles. The topological polar surface area (TPSA) is 60.7 Å². The third kappa shape index (κ3) is 3.81. The first-order valence-corrected chi connectivity index (χ1v) is 6.71. The van der Waals surface area contributed by atoms with E-state index in [0.717, 1.165) is 21.9 Å². The number of fused-ring (bicyclic) bond motifs is 1. The van der Waals surface area contributed by atoms with E-state index in [1.807, 2.05) is 42.5 Å². The highest BCUT2D eigenvalue weighted by molar-refractivity contribution is 5.86. The third-order valence-electron chi connectivity index (χ3n) is 3.22.